The summed E-state index contributed by atoms with van der Waals surface area (Å²) in [4.78, 5) is 33.0. The van der Waals surface area contributed by atoms with Gasteiger partial charge in [0.25, 0.3) is 5.91 Å². The van der Waals surface area contributed by atoms with Crippen LogP contribution in [0.15, 0.2) is 39.2 Å². The third-order valence-corrected chi connectivity index (χ3v) is 3.64. The van der Waals surface area contributed by atoms with Gasteiger partial charge in [0.1, 0.15) is 4.92 Å². The molecule has 1 N–H and O–H groups in total. The second-order valence-corrected chi connectivity index (χ2v) is 5.34. The summed E-state index contributed by atoms with van der Waals surface area (Å²) in [6.45, 7) is 1.33. The number of rotatable bonds is 5. The third kappa shape index (κ3) is 4.39. The quantitative estimate of drug-likeness (QED) is 0.483. The lowest BCUT2D eigenvalue weighted by molar-refractivity contribution is -0.402. The summed E-state index contributed by atoms with van der Waals surface area (Å²) in [6.07, 6.45) is 0. The van der Waals surface area contributed by atoms with Gasteiger partial charge in [-0.25, -0.2) is 4.79 Å². The number of amides is 1. The van der Waals surface area contributed by atoms with E-state index in [1.54, 1.807) is 18.2 Å². The molecular weight excluding hydrogens is 372 g/mol. The van der Waals surface area contributed by atoms with Gasteiger partial charge in [-0.15, -0.1) is 0 Å². The molecule has 0 aliphatic heterocycles. The first-order valence-electron chi connectivity index (χ1n) is 6.34. The van der Waals surface area contributed by atoms with Crippen molar-refractivity contribution >= 4 is 39.4 Å². The number of furan rings is 1. The zero-order valence-electron chi connectivity index (χ0n) is 11.9. The Labute approximate surface area is 138 Å². The first kappa shape index (κ1) is 16.7. The number of nitrogens with zero attached hydrogens (tertiary/aromatic N) is 1. The van der Waals surface area contributed by atoms with E-state index >= 15 is 0 Å². The monoisotopic (exact) mass is 382 g/mol. The van der Waals surface area contributed by atoms with Crippen LogP contribution in [0.5, 0.6) is 0 Å². The number of esters is 1. The molecule has 0 spiro atoms. The molecule has 1 aromatic heterocycles. The molecule has 1 heterocycles. The van der Waals surface area contributed by atoms with Crippen molar-refractivity contribution in [3.8, 4) is 0 Å². The number of hydrogen-bond donors (Lipinski definition) is 1. The summed E-state index contributed by atoms with van der Waals surface area (Å²) in [5, 5.41) is 13.0. The molecule has 0 saturated heterocycles. The maximum absolute atomic E-state index is 11.7. The zero-order valence-corrected chi connectivity index (χ0v) is 13.5. The summed E-state index contributed by atoms with van der Waals surface area (Å²) in [7, 11) is 0. The van der Waals surface area contributed by atoms with Crippen molar-refractivity contribution in [1.29, 1.82) is 0 Å². The van der Waals surface area contributed by atoms with Gasteiger partial charge in [0.05, 0.1) is 6.07 Å². The van der Waals surface area contributed by atoms with E-state index in [2.05, 4.69) is 25.7 Å². The number of ether oxygens (including phenoxy) is 1. The number of benzene rings is 1. The maximum atomic E-state index is 11.7. The Hall–Kier alpha value is -2.68. The molecule has 120 valence electrons. The van der Waals surface area contributed by atoms with Crippen molar-refractivity contribution < 1.29 is 23.7 Å². The van der Waals surface area contributed by atoms with Crippen molar-refractivity contribution in [2.75, 3.05) is 11.9 Å². The fourth-order valence-corrected chi connectivity index (χ4v) is 1.90. The molecule has 2 rings (SSSR count). The van der Waals surface area contributed by atoms with Gasteiger partial charge in [-0.1, -0.05) is 15.9 Å². The molecule has 0 aliphatic carbocycles. The number of anilines is 1. The first-order valence-corrected chi connectivity index (χ1v) is 7.13. The average molecular weight is 383 g/mol. The number of nitro groups is 1. The van der Waals surface area contributed by atoms with Crippen molar-refractivity contribution in [2.45, 2.75) is 6.92 Å². The van der Waals surface area contributed by atoms with Crippen LogP contribution in [0.4, 0.5) is 11.6 Å². The minimum absolute atomic E-state index is 0.344. The van der Waals surface area contributed by atoms with E-state index in [0.717, 1.165) is 22.2 Å². The molecule has 9 heteroatoms. The number of hydrogen-bond acceptors (Lipinski definition) is 6. The Morgan fingerprint density at radius 1 is 1.35 bits per heavy atom. The highest BCUT2D eigenvalue weighted by molar-refractivity contribution is 9.10. The summed E-state index contributed by atoms with van der Waals surface area (Å²) in [5.74, 6) is -2.42. The summed E-state index contributed by atoms with van der Waals surface area (Å²) in [6, 6.07) is 7.35. The third-order valence-electron chi connectivity index (χ3n) is 2.75. The van der Waals surface area contributed by atoms with E-state index in [-0.39, 0.29) is 5.76 Å². The van der Waals surface area contributed by atoms with Crippen LogP contribution in [0.2, 0.25) is 0 Å². The number of halogens is 1. The Morgan fingerprint density at radius 2 is 2.09 bits per heavy atom. The van der Waals surface area contributed by atoms with E-state index < -0.39 is 29.3 Å². The highest BCUT2D eigenvalue weighted by Crippen LogP contribution is 2.20. The molecule has 23 heavy (non-hydrogen) atoms. The van der Waals surface area contributed by atoms with Gasteiger partial charge < -0.3 is 14.5 Å². The van der Waals surface area contributed by atoms with Crippen LogP contribution in [-0.4, -0.2) is 23.4 Å². The highest BCUT2D eigenvalue weighted by Gasteiger charge is 2.19. The zero-order chi connectivity index (χ0) is 17.0. The minimum atomic E-state index is -0.958. The predicted octanol–water partition coefficient (Wildman–Crippen LogP) is 3.05. The molecule has 0 radical (unpaired) electrons. The Bertz CT molecular complexity index is 770. The first-order chi connectivity index (χ1) is 10.9. The smallest absolute Gasteiger partial charge is 0.433 e. The Kier molecular flexibility index (Phi) is 5.12. The van der Waals surface area contributed by atoms with Crippen molar-refractivity contribution in [3.05, 3.63) is 56.2 Å². The summed E-state index contributed by atoms with van der Waals surface area (Å²) >= 11 is 3.34. The normalized spacial score (nSPS) is 10.2. The molecule has 0 unspecified atom stereocenters. The van der Waals surface area contributed by atoms with Gasteiger partial charge in [-0.05, 0) is 36.8 Å². The van der Waals surface area contributed by atoms with Gasteiger partial charge in [0.15, 0.2) is 6.61 Å². The number of carbonyl (C=O) groups excluding carboxylic acids is 2. The fourth-order valence-electron chi connectivity index (χ4n) is 1.66. The van der Waals surface area contributed by atoms with Gasteiger partial charge in [0, 0.05) is 10.2 Å². The van der Waals surface area contributed by atoms with Crippen molar-refractivity contribution in [3.63, 3.8) is 0 Å². The molecule has 0 aliphatic rings. The number of nitrogens with one attached hydrogen (secondary N) is 1. The average Bonchev–Trinajstić information content (AvgIpc) is 2.99. The summed E-state index contributed by atoms with van der Waals surface area (Å²) < 4.78 is 10.3. The molecule has 1 amide bonds. The Balaban J connectivity index is 1.89. The van der Waals surface area contributed by atoms with Crippen LogP contribution < -0.4 is 5.32 Å². The Morgan fingerprint density at radius 3 is 2.70 bits per heavy atom. The molecule has 0 saturated carbocycles. The van der Waals surface area contributed by atoms with Crippen LogP contribution in [-0.2, 0) is 9.53 Å². The highest BCUT2D eigenvalue weighted by atomic mass is 79.9. The minimum Gasteiger partial charge on any atom is -0.450 e. The molecule has 1 aromatic carbocycles. The van der Waals surface area contributed by atoms with Crippen LogP contribution in [0.1, 0.15) is 16.1 Å². The van der Waals surface area contributed by atoms with Crippen LogP contribution in [0, 0.1) is 17.0 Å². The number of carbonyl (C=O) groups is 2. The van der Waals surface area contributed by atoms with Gasteiger partial charge in [0.2, 0.25) is 5.76 Å². The molecule has 0 bridgehead atoms. The lowest BCUT2D eigenvalue weighted by atomic mass is 10.2. The van der Waals surface area contributed by atoms with Crippen LogP contribution >= 0.6 is 15.9 Å². The molecular formula is C14H11BrN2O6. The van der Waals surface area contributed by atoms with Crippen LogP contribution in [0.3, 0.4) is 0 Å². The molecule has 8 nitrogen and oxygen atoms in total. The molecule has 0 atom stereocenters. The fraction of sp³-hybridized carbons (Fsp3) is 0.143. The van der Waals surface area contributed by atoms with Crippen LogP contribution in [0.25, 0.3) is 0 Å². The van der Waals surface area contributed by atoms with E-state index in [1.807, 2.05) is 6.92 Å². The summed E-state index contributed by atoms with van der Waals surface area (Å²) in [5.41, 5.74) is 1.49. The van der Waals surface area contributed by atoms with E-state index in [9.17, 15) is 19.7 Å². The second-order valence-electron chi connectivity index (χ2n) is 4.48. The van der Waals surface area contributed by atoms with Crippen molar-refractivity contribution in [2.24, 2.45) is 0 Å². The maximum Gasteiger partial charge on any atom is 0.433 e. The van der Waals surface area contributed by atoms with Gasteiger partial charge >= 0.3 is 11.9 Å². The van der Waals surface area contributed by atoms with Gasteiger partial charge in [-0.3, -0.25) is 14.9 Å². The number of aryl methyl sites for hydroxylation is 1. The lowest BCUT2D eigenvalue weighted by Crippen LogP contribution is -2.20. The topological polar surface area (TPSA) is 112 Å². The lowest BCUT2D eigenvalue weighted by Gasteiger charge is -2.07. The van der Waals surface area contributed by atoms with E-state index in [0.29, 0.717) is 5.69 Å². The standard InChI is InChI=1S/C14H11BrN2O6/c1-8-6-9(2-3-10(8)15)16-12(18)7-22-14(19)11-4-5-13(23-11)17(20)21/h2-6H,7H2,1H3,(H,16,18). The molecule has 0 fully saturated rings. The molecule has 2 aromatic rings. The second kappa shape index (κ2) is 7.05. The predicted molar refractivity (Wildman–Crippen MR) is 83.2 cm³/mol. The van der Waals surface area contributed by atoms with Crippen molar-refractivity contribution in [1.82, 2.24) is 0 Å². The largest absolute Gasteiger partial charge is 0.450 e. The van der Waals surface area contributed by atoms with E-state index in [4.69, 9.17) is 4.74 Å². The van der Waals surface area contributed by atoms with E-state index in [1.165, 1.54) is 0 Å². The van der Waals surface area contributed by atoms with Gasteiger partial charge in [-0.2, -0.15) is 0 Å². The SMILES string of the molecule is Cc1cc(NC(=O)COC(=O)c2ccc([N+](=O)[O-])o2)ccc1Br.